The molecule has 1 aromatic carbocycles. The third kappa shape index (κ3) is 3.98. The Morgan fingerprint density at radius 3 is 2.67 bits per heavy atom. The molecule has 6 atom stereocenters. The number of fused-ring (bicyclic) bond motifs is 5. The first-order chi connectivity index (χ1) is 16.0. The van der Waals surface area contributed by atoms with Crippen molar-refractivity contribution in [3.05, 3.63) is 41.5 Å². The average molecular weight is 448 g/mol. The van der Waals surface area contributed by atoms with Gasteiger partial charge in [0.15, 0.2) is 12.4 Å². The first kappa shape index (κ1) is 22.2. The molecule has 3 saturated carbocycles. The topological polar surface area (TPSA) is 76.4 Å². The van der Waals surface area contributed by atoms with E-state index in [0.717, 1.165) is 38.5 Å². The van der Waals surface area contributed by atoms with E-state index in [1.165, 1.54) is 18.4 Å². The molecule has 174 valence electrons. The number of nitriles is 1. The van der Waals surface area contributed by atoms with Crippen molar-refractivity contribution in [3.63, 3.8) is 0 Å². The Labute approximate surface area is 196 Å². The van der Waals surface area contributed by atoms with Crippen LogP contribution < -0.4 is 4.74 Å². The number of ketones is 1. The summed E-state index contributed by atoms with van der Waals surface area (Å²) in [6.07, 6.45) is 11.3. The van der Waals surface area contributed by atoms with E-state index in [2.05, 4.69) is 13.0 Å². The van der Waals surface area contributed by atoms with E-state index in [1.807, 2.05) is 6.08 Å². The second-order valence-corrected chi connectivity index (χ2v) is 10.4. The summed E-state index contributed by atoms with van der Waals surface area (Å²) in [6.45, 7) is 2.16. The van der Waals surface area contributed by atoms with Crippen LogP contribution in [0.15, 0.2) is 35.9 Å². The summed E-state index contributed by atoms with van der Waals surface area (Å²) in [5, 5.41) is 8.91. The molecule has 0 amide bonds. The predicted molar refractivity (Wildman–Crippen MR) is 123 cm³/mol. The highest BCUT2D eigenvalue weighted by Gasteiger charge is 2.58. The van der Waals surface area contributed by atoms with Gasteiger partial charge in [-0.15, -0.1) is 0 Å². The van der Waals surface area contributed by atoms with Crippen molar-refractivity contribution in [2.24, 2.45) is 29.1 Å². The van der Waals surface area contributed by atoms with Gasteiger partial charge in [-0.3, -0.25) is 4.79 Å². The Morgan fingerprint density at radius 1 is 1.09 bits per heavy atom. The normalized spacial score (nSPS) is 34.8. The highest BCUT2D eigenvalue weighted by molar-refractivity contribution is 5.91. The fourth-order valence-corrected chi connectivity index (χ4v) is 7.75. The van der Waals surface area contributed by atoms with Crippen LogP contribution >= 0.6 is 0 Å². The summed E-state index contributed by atoms with van der Waals surface area (Å²) in [6, 6.07) is 8.85. The van der Waals surface area contributed by atoms with Crippen molar-refractivity contribution in [1.29, 1.82) is 5.26 Å². The van der Waals surface area contributed by atoms with Crippen LogP contribution in [0.4, 0.5) is 0 Å². The molecule has 6 unspecified atom stereocenters. The summed E-state index contributed by atoms with van der Waals surface area (Å²) in [4.78, 5) is 24.6. The minimum absolute atomic E-state index is 0.0320. The SMILES string of the molecule is CCC12CCC3C4CCC(=O)C=C4CCC3C1CCC2OC(=O)COc1ccc(C#N)cc1. The number of hydrogen-bond acceptors (Lipinski definition) is 5. The van der Waals surface area contributed by atoms with Gasteiger partial charge in [0, 0.05) is 11.8 Å². The average Bonchev–Trinajstić information content (AvgIpc) is 3.21. The van der Waals surface area contributed by atoms with Gasteiger partial charge in [0.1, 0.15) is 11.9 Å². The lowest BCUT2D eigenvalue weighted by Gasteiger charge is -2.54. The van der Waals surface area contributed by atoms with Crippen molar-refractivity contribution in [2.45, 2.75) is 70.8 Å². The van der Waals surface area contributed by atoms with Crippen molar-refractivity contribution >= 4 is 11.8 Å². The molecular weight excluding hydrogens is 414 g/mol. The largest absolute Gasteiger partial charge is 0.482 e. The Bertz CT molecular complexity index is 990. The highest BCUT2D eigenvalue weighted by Crippen LogP contribution is 2.63. The summed E-state index contributed by atoms with van der Waals surface area (Å²) >= 11 is 0. The molecule has 4 aliphatic carbocycles. The van der Waals surface area contributed by atoms with Crippen LogP contribution in [0.3, 0.4) is 0 Å². The summed E-state index contributed by atoms with van der Waals surface area (Å²) in [5.41, 5.74) is 2.06. The zero-order chi connectivity index (χ0) is 23.0. The fourth-order valence-electron chi connectivity index (χ4n) is 7.75. The van der Waals surface area contributed by atoms with Crippen LogP contribution in [0.25, 0.3) is 0 Å². The molecule has 0 spiro atoms. The zero-order valence-electron chi connectivity index (χ0n) is 19.4. The standard InChI is InChI=1S/C28H33NO4/c1-2-28-14-13-23-22-10-6-20(30)15-19(22)5-9-24(23)25(28)11-12-26(28)33-27(31)17-32-21-7-3-18(16-29)4-8-21/h3-4,7-8,15,22-26H,2,5-6,9-14,17H2,1H3. The summed E-state index contributed by atoms with van der Waals surface area (Å²) < 4.78 is 11.7. The van der Waals surface area contributed by atoms with Crippen molar-refractivity contribution in [2.75, 3.05) is 6.61 Å². The van der Waals surface area contributed by atoms with E-state index in [9.17, 15) is 9.59 Å². The minimum Gasteiger partial charge on any atom is -0.482 e. The molecule has 5 heteroatoms. The molecule has 0 bridgehead atoms. The van der Waals surface area contributed by atoms with Crippen LogP contribution in [-0.2, 0) is 14.3 Å². The van der Waals surface area contributed by atoms with Gasteiger partial charge in [0.25, 0.3) is 0 Å². The molecule has 5 rings (SSSR count). The van der Waals surface area contributed by atoms with E-state index in [0.29, 0.717) is 47.2 Å². The van der Waals surface area contributed by atoms with Gasteiger partial charge in [0.05, 0.1) is 11.6 Å². The van der Waals surface area contributed by atoms with E-state index in [-0.39, 0.29) is 24.1 Å². The number of carbonyl (C=O) groups excluding carboxylic acids is 2. The Morgan fingerprint density at radius 2 is 1.91 bits per heavy atom. The maximum Gasteiger partial charge on any atom is 0.344 e. The lowest BCUT2D eigenvalue weighted by Crippen LogP contribution is -2.49. The van der Waals surface area contributed by atoms with Crippen LogP contribution in [-0.4, -0.2) is 24.5 Å². The molecule has 33 heavy (non-hydrogen) atoms. The first-order valence-corrected chi connectivity index (χ1v) is 12.6. The lowest BCUT2D eigenvalue weighted by atomic mass is 9.51. The van der Waals surface area contributed by atoms with Crippen LogP contribution in [0.1, 0.15) is 70.3 Å². The summed E-state index contributed by atoms with van der Waals surface area (Å²) in [5.74, 6) is 3.16. The van der Waals surface area contributed by atoms with Crippen molar-refractivity contribution in [3.8, 4) is 11.8 Å². The van der Waals surface area contributed by atoms with Gasteiger partial charge < -0.3 is 9.47 Å². The van der Waals surface area contributed by atoms with Crippen molar-refractivity contribution in [1.82, 2.24) is 0 Å². The quantitative estimate of drug-likeness (QED) is 0.566. The Hall–Kier alpha value is -2.61. The van der Waals surface area contributed by atoms with E-state index < -0.39 is 0 Å². The number of rotatable bonds is 5. The molecule has 3 fully saturated rings. The van der Waals surface area contributed by atoms with Gasteiger partial charge >= 0.3 is 5.97 Å². The van der Waals surface area contributed by atoms with Gasteiger partial charge in [-0.1, -0.05) is 12.5 Å². The smallest absolute Gasteiger partial charge is 0.344 e. The number of nitrogens with zero attached hydrogens (tertiary/aromatic N) is 1. The van der Waals surface area contributed by atoms with Crippen LogP contribution in [0.2, 0.25) is 0 Å². The summed E-state index contributed by atoms with van der Waals surface area (Å²) in [7, 11) is 0. The number of ether oxygens (including phenoxy) is 2. The number of esters is 1. The number of carbonyl (C=O) groups is 2. The molecule has 5 nitrogen and oxygen atoms in total. The number of benzene rings is 1. The molecule has 0 saturated heterocycles. The Balaban J connectivity index is 1.24. The number of hydrogen-bond donors (Lipinski definition) is 0. The monoisotopic (exact) mass is 447 g/mol. The molecule has 0 radical (unpaired) electrons. The Kier molecular flexibility index (Phi) is 6.03. The molecule has 4 aliphatic rings. The predicted octanol–water partition coefficient (Wildman–Crippen LogP) is 5.38. The van der Waals surface area contributed by atoms with Crippen molar-refractivity contribution < 1.29 is 19.1 Å². The lowest BCUT2D eigenvalue weighted by molar-refractivity contribution is -0.163. The zero-order valence-corrected chi connectivity index (χ0v) is 19.4. The first-order valence-electron chi connectivity index (χ1n) is 12.6. The molecule has 0 aliphatic heterocycles. The van der Waals surface area contributed by atoms with Gasteiger partial charge in [0.2, 0.25) is 0 Å². The van der Waals surface area contributed by atoms with Gasteiger partial charge in [-0.05, 0) is 105 Å². The van der Waals surface area contributed by atoms with E-state index >= 15 is 0 Å². The third-order valence-corrected chi connectivity index (χ3v) is 9.21. The van der Waals surface area contributed by atoms with Crippen LogP contribution in [0.5, 0.6) is 5.75 Å². The second kappa shape index (κ2) is 8.97. The highest BCUT2D eigenvalue weighted by atomic mass is 16.6. The molecular formula is C28H33NO4. The molecule has 0 heterocycles. The molecule has 0 N–H and O–H groups in total. The van der Waals surface area contributed by atoms with E-state index in [1.54, 1.807) is 24.3 Å². The molecule has 1 aromatic rings. The van der Waals surface area contributed by atoms with E-state index in [4.69, 9.17) is 14.7 Å². The fraction of sp³-hybridized carbons (Fsp3) is 0.607. The van der Waals surface area contributed by atoms with Gasteiger partial charge in [-0.2, -0.15) is 5.26 Å². The van der Waals surface area contributed by atoms with Gasteiger partial charge in [-0.25, -0.2) is 4.79 Å². The molecule has 0 aromatic heterocycles. The van der Waals surface area contributed by atoms with Crippen LogP contribution in [0, 0.1) is 40.4 Å². The maximum absolute atomic E-state index is 12.7. The minimum atomic E-state index is -0.306. The number of allylic oxidation sites excluding steroid dienone is 1. The third-order valence-electron chi connectivity index (χ3n) is 9.21. The second-order valence-electron chi connectivity index (χ2n) is 10.4. The maximum atomic E-state index is 12.7.